The summed E-state index contributed by atoms with van der Waals surface area (Å²) in [5.74, 6) is 0.944. The maximum atomic E-state index is 12.7. The standard InChI is InChI=1S/C19H19N5O2/c25-19(17-9-4-10-21-18(17)24-13-20-12-22-24)23-14-5-3-8-16(11-14)26-15-6-1-2-7-15/h3-5,8-13,15H,1-2,6-7H2,(H,23,25). The van der Waals surface area contributed by atoms with Gasteiger partial charge in [-0.3, -0.25) is 4.79 Å². The van der Waals surface area contributed by atoms with Crippen LogP contribution in [0.1, 0.15) is 36.0 Å². The van der Waals surface area contributed by atoms with Gasteiger partial charge in [0.1, 0.15) is 18.4 Å². The van der Waals surface area contributed by atoms with Crippen LogP contribution in [-0.4, -0.2) is 31.8 Å². The highest BCUT2D eigenvalue weighted by atomic mass is 16.5. The third-order valence-corrected chi connectivity index (χ3v) is 4.36. The zero-order valence-corrected chi connectivity index (χ0v) is 14.2. The van der Waals surface area contributed by atoms with Gasteiger partial charge >= 0.3 is 0 Å². The summed E-state index contributed by atoms with van der Waals surface area (Å²) in [4.78, 5) is 20.9. The van der Waals surface area contributed by atoms with E-state index in [0.717, 1.165) is 18.6 Å². The minimum atomic E-state index is -0.262. The third-order valence-electron chi connectivity index (χ3n) is 4.36. The average molecular weight is 349 g/mol. The van der Waals surface area contributed by atoms with Crippen molar-refractivity contribution < 1.29 is 9.53 Å². The smallest absolute Gasteiger partial charge is 0.259 e. The highest BCUT2D eigenvalue weighted by Crippen LogP contribution is 2.26. The van der Waals surface area contributed by atoms with Crippen molar-refractivity contribution in [1.82, 2.24) is 19.7 Å². The minimum Gasteiger partial charge on any atom is -0.490 e. The molecule has 0 unspecified atom stereocenters. The number of aromatic nitrogens is 4. The van der Waals surface area contributed by atoms with E-state index in [9.17, 15) is 4.79 Å². The Kier molecular flexibility index (Phi) is 4.59. The van der Waals surface area contributed by atoms with Crippen LogP contribution in [0.2, 0.25) is 0 Å². The van der Waals surface area contributed by atoms with Crippen LogP contribution in [0.15, 0.2) is 55.2 Å². The SMILES string of the molecule is O=C(Nc1cccc(OC2CCCC2)c1)c1cccnc1-n1cncn1. The fourth-order valence-corrected chi connectivity index (χ4v) is 3.12. The Morgan fingerprint density at radius 2 is 2.08 bits per heavy atom. The lowest BCUT2D eigenvalue weighted by Gasteiger charge is -2.14. The summed E-state index contributed by atoms with van der Waals surface area (Å²) in [7, 11) is 0. The molecular weight excluding hydrogens is 330 g/mol. The van der Waals surface area contributed by atoms with Gasteiger partial charge in [-0.2, -0.15) is 5.10 Å². The van der Waals surface area contributed by atoms with E-state index in [-0.39, 0.29) is 12.0 Å². The van der Waals surface area contributed by atoms with Crippen molar-refractivity contribution >= 4 is 11.6 Å². The first-order valence-corrected chi connectivity index (χ1v) is 8.68. The number of anilines is 1. The molecule has 7 heteroatoms. The second kappa shape index (κ2) is 7.35. The lowest BCUT2D eigenvalue weighted by Crippen LogP contribution is -2.16. The van der Waals surface area contributed by atoms with Crippen molar-refractivity contribution in [1.29, 1.82) is 0 Å². The van der Waals surface area contributed by atoms with Gasteiger partial charge in [0.05, 0.1) is 11.7 Å². The zero-order chi connectivity index (χ0) is 17.8. The van der Waals surface area contributed by atoms with Crippen molar-refractivity contribution in [2.45, 2.75) is 31.8 Å². The lowest BCUT2D eigenvalue weighted by atomic mass is 10.2. The van der Waals surface area contributed by atoms with Gasteiger partial charge in [0.25, 0.3) is 5.91 Å². The second-order valence-electron chi connectivity index (χ2n) is 6.22. The van der Waals surface area contributed by atoms with Crippen LogP contribution in [0.4, 0.5) is 5.69 Å². The summed E-state index contributed by atoms with van der Waals surface area (Å²) in [6.45, 7) is 0. The molecule has 1 aliphatic rings. The summed E-state index contributed by atoms with van der Waals surface area (Å²) in [6.07, 6.45) is 9.42. The van der Waals surface area contributed by atoms with Crippen molar-refractivity contribution in [2.75, 3.05) is 5.32 Å². The summed E-state index contributed by atoms with van der Waals surface area (Å²) in [5.41, 5.74) is 1.10. The Morgan fingerprint density at radius 1 is 1.19 bits per heavy atom. The van der Waals surface area contributed by atoms with E-state index < -0.39 is 0 Å². The number of pyridine rings is 1. The van der Waals surface area contributed by atoms with Crippen molar-refractivity contribution in [3.63, 3.8) is 0 Å². The van der Waals surface area contributed by atoms with Crippen LogP contribution in [-0.2, 0) is 0 Å². The second-order valence-corrected chi connectivity index (χ2v) is 6.22. The van der Waals surface area contributed by atoms with E-state index in [0.29, 0.717) is 17.1 Å². The molecule has 3 aromatic rings. The van der Waals surface area contributed by atoms with Crippen LogP contribution in [0.25, 0.3) is 5.82 Å². The summed E-state index contributed by atoms with van der Waals surface area (Å²) in [6, 6.07) is 10.9. The number of carbonyl (C=O) groups is 1. The molecule has 1 N–H and O–H groups in total. The lowest BCUT2D eigenvalue weighted by molar-refractivity contribution is 0.102. The molecule has 0 spiro atoms. The molecule has 1 aliphatic carbocycles. The Balaban J connectivity index is 1.52. The van der Waals surface area contributed by atoms with Gasteiger partial charge < -0.3 is 10.1 Å². The normalized spacial score (nSPS) is 14.3. The molecule has 0 radical (unpaired) electrons. The molecular formula is C19H19N5O2. The molecule has 0 saturated heterocycles. The topological polar surface area (TPSA) is 81.9 Å². The number of carbonyl (C=O) groups excluding carboxylic acids is 1. The van der Waals surface area contributed by atoms with Crippen LogP contribution in [0.5, 0.6) is 5.75 Å². The average Bonchev–Trinajstić information content (AvgIpc) is 3.36. The fraction of sp³-hybridized carbons (Fsp3) is 0.263. The molecule has 1 aromatic carbocycles. The van der Waals surface area contributed by atoms with Gasteiger partial charge in [-0.15, -0.1) is 0 Å². The van der Waals surface area contributed by atoms with Gasteiger partial charge in [-0.1, -0.05) is 6.07 Å². The van der Waals surface area contributed by atoms with Crippen LogP contribution in [0.3, 0.4) is 0 Å². The number of ether oxygens (including phenoxy) is 1. The number of nitrogens with one attached hydrogen (secondary N) is 1. The largest absolute Gasteiger partial charge is 0.490 e. The maximum Gasteiger partial charge on any atom is 0.259 e. The van der Waals surface area contributed by atoms with Gasteiger partial charge in [0, 0.05) is 18.0 Å². The molecule has 132 valence electrons. The van der Waals surface area contributed by atoms with Crippen LogP contribution in [0, 0.1) is 0 Å². The fourth-order valence-electron chi connectivity index (χ4n) is 3.12. The van der Waals surface area contributed by atoms with E-state index in [1.807, 2.05) is 24.3 Å². The Hall–Kier alpha value is -3.22. The molecule has 0 aliphatic heterocycles. The highest BCUT2D eigenvalue weighted by Gasteiger charge is 2.17. The predicted octanol–water partition coefficient (Wildman–Crippen LogP) is 3.24. The van der Waals surface area contributed by atoms with Crippen LogP contribution >= 0.6 is 0 Å². The molecule has 1 fully saturated rings. The number of benzene rings is 1. The van der Waals surface area contributed by atoms with E-state index in [4.69, 9.17) is 4.74 Å². The summed E-state index contributed by atoms with van der Waals surface area (Å²) < 4.78 is 7.47. The quantitative estimate of drug-likeness (QED) is 0.765. The Bertz CT molecular complexity index is 888. The van der Waals surface area contributed by atoms with Crippen molar-refractivity contribution in [2.24, 2.45) is 0 Å². The monoisotopic (exact) mass is 349 g/mol. The van der Waals surface area contributed by atoms with Crippen molar-refractivity contribution in [3.8, 4) is 11.6 Å². The number of amides is 1. The van der Waals surface area contributed by atoms with Gasteiger partial charge in [0.15, 0.2) is 5.82 Å². The van der Waals surface area contributed by atoms with Gasteiger partial charge in [-0.25, -0.2) is 14.6 Å². The van der Waals surface area contributed by atoms with Gasteiger partial charge in [-0.05, 0) is 49.9 Å². The molecule has 26 heavy (non-hydrogen) atoms. The molecule has 4 rings (SSSR count). The third kappa shape index (κ3) is 3.56. The first-order chi connectivity index (χ1) is 12.8. The molecule has 2 aromatic heterocycles. The first kappa shape index (κ1) is 16.3. The number of rotatable bonds is 5. The van der Waals surface area contributed by atoms with E-state index in [2.05, 4.69) is 20.4 Å². The van der Waals surface area contributed by atoms with E-state index in [1.165, 1.54) is 30.2 Å². The summed E-state index contributed by atoms with van der Waals surface area (Å²) >= 11 is 0. The van der Waals surface area contributed by atoms with E-state index >= 15 is 0 Å². The first-order valence-electron chi connectivity index (χ1n) is 8.68. The highest BCUT2D eigenvalue weighted by molar-refractivity contribution is 6.06. The zero-order valence-electron chi connectivity index (χ0n) is 14.2. The molecule has 0 bridgehead atoms. The number of nitrogens with zero attached hydrogens (tertiary/aromatic N) is 4. The molecule has 7 nitrogen and oxygen atoms in total. The van der Waals surface area contributed by atoms with Crippen LogP contribution < -0.4 is 10.1 Å². The number of hydrogen-bond acceptors (Lipinski definition) is 5. The van der Waals surface area contributed by atoms with Crippen molar-refractivity contribution in [3.05, 3.63) is 60.8 Å². The minimum absolute atomic E-state index is 0.262. The van der Waals surface area contributed by atoms with E-state index in [1.54, 1.807) is 18.3 Å². The summed E-state index contributed by atoms with van der Waals surface area (Å²) in [5, 5.41) is 6.96. The molecule has 2 heterocycles. The maximum absolute atomic E-state index is 12.7. The number of hydrogen-bond donors (Lipinski definition) is 1. The Morgan fingerprint density at radius 3 is 2.88 bits per heavy atom. The van der Waals surface area contributed by atoms with Gasteiger partial charge in [0.2, 0.25) is 0 Å². The predicted molar refractivity (Wildman–Crippen MR) is 96.4 cm³/mol. The molecule has 0 atom stereocenters. The Labute approximate surface area is 151 Å². The molecule has 1 saturated carbocycles. The molecule has 1 amide bonds.